The molecular weight excluding hydrogens is 472 g/mol. The molecule has 0 amide bonds. The third-order valence-corrected chi connectivity index (χ3v) is 7.36. The van der Waals surface area contributed by atoms with Crippen molar-refractivity contribution in [2.75, 3.05) is 58.3 Å². The van der Waals surface area contributed by atoms with Crippen molar-refractivity contribution in [3.8, 4) is 0 Å². The zero-order valence-electron chi connectivity index (χ0n) is 20.6. The van der Waals surface area contributed by atoms with Gasteiger partial charge in [0.05, 0.1) is 34.6 Å². The van der Waals surface area contributed by atoms with Crippen LogP contribution in [0.1, 0.15) is 18.5 Å². The number of fused-ring (bicyclic) bond motifs is 2. The van der Waals surface area contributed by atoms with Crippen LogP contribution in [-0.2, 0) is 9.53 Å². The quantitative estimate of drug-likeness (QED) is 0.373. The fourth-order valence-electron chi connectivity index (χ4n) is 4.47. The number of morpholine rings is 1. The van der Waals surface area contributed by atoms with E-state index in [0.717, 1.165) is 86.6 Å². The summed E-state index contributed by atoms with van der Waals surface area (Å²) in [6.45, 7) is 6.58. The summed E-state index contributed by atoms with van der Waals surface area (Å²) >= 11 is 1.66. The molecule has 8 nitrogen and oxygen atoms in total. The van der Waals surface area contributed by atoms with Crippen LogP contribution < -0.4 is 5.32 Å². The van der Waals surface area contributed by atoms with Gasteiger partial charge in [-0.2, -0.15) is 0 Å². The first kappa shape index (κ1) is 24.6. The van der Waals surface area contributed by atoms with E-state index in [1.165, 1.54) is 16.0 Å². The van der Waals surface area contributed by atoms with Gasteiger partial charge in [-0.3, -0.25) is 4.90 Å². The van der Waals surface area contributed by atoms with Gasteiger partial charge in [0.15, 0.2) is 0 Å². The van der Waals surface area contributed by atoms with E-state index in [4.69, 9.17) is 4.74 Å². The fourth-order valence-corrected chi connectivity index (χ4v) is 5.19. The van der Waals surface area contributed by atoms with E-state index in [9.17, 15) is 4.79 Å². The van der Waals surface area contributed by atoms with E-state index >= 15 is 0 Å². The number of aromatic amines is 1. The monoisotopic (exact) mass is 504 g/mol. The van der Waals surface area contributed by atoms with Crippen LogP contribution >= 0.6 is 11.3 Å². The SMILES string of the molecule is CN1CC=C(c2cc3c(Nc4ccc5ncsc5c4)ccnc3[nH]2)CC1.O=CCCN1CCOCC1. The van der Waals surface area contributed by atoms with Crippen LogP contribution in [0, 0.1) is 0 Å². The largest absolute Gasteiger partial charge is 0.379 e. The van der Waals surface area contributed by atoms with Gasteiger partial charge in [-0.25, -0.2) is 9.97 Å². The molecule has 36 heavy (non-hydrogen) atoms. The summed E-state index contributed by atoms with van der Waals surface area (Å²) in [5.74, 6) is 0. The third kappa shape index (κ3) is 5.99. The standard InChI is InChI=1S/C20H19N5S.C7H13NO2/c1-25-8-5-13(6-9-25)18-11-15-16(4-7-21-20(15)24-18)23-14-2-3-17-19(10-14)26-12-22-17;9-5-1-2-8-3-6-10-7-4-8/h2-5,7,10-12H,6,8-9H2,1H3,(H2,21,23,24);5H,1-4,6-7H2. The minimum atomic E-state index is 0.653. The molecular formula is C27H32N6O2S. The van der Waals surface area contributed by atoms with Crippen LogP contribution in [0.3, 0.4) is 0 Å². The molecule has 188 valence electrons. The number of carbonyl (C=O) groups excluding carboxylic acids is 1. The molecule has 0 aliphatic carbocycles. The van der Waals surface area contributed by atoms with Gasteiger partial charge >= 0.3 is 0 Å². The van der Waals surface area contributed by atoms with E-state index in [1.807, 2.05) is 17.8 Å². The van der Waals surface area contributed by atoms with Crippen molar-refractivity contribution < 1.29 is 9.53 Å². The minimum absolute atomic E-state index is 0.653. The Morgan fingerprint density at radius 3 is 2.86 bits per heavy atom. The number of benzene rings is 1. The molecule has 0 atom stereocenters. The highest BCUT2D eigenvalue weighted by Crippen LogP contribution is 2.31. The van der Waals surface area contributed by atoms with Crippen LogP contribution in [0.2, 0.25) is 0 Å². The van der Waals surface area contributed by atoms with Crippen molar-refractivity contribution in [3.63, 3.8) is 0 Å². The minimum Gasteiger partial charge on any atom is -0.379 e. The molecule has 0 radical (unpaired) electrons. The summed E-state index contributed by atoms with van der Waals surface area (Å²) in [5.41, 5.74) is 8.52. The first-order chi connectivity index (χ1) is 17.7. The molecule has 2 aliphatic rings. The second kappa shape index (κ2) is 11.7. The molecule has 2 N–H and O–H groups in total. The number of nitrogens with one attached hydrogen (secondary N) is 2. The summed E-state index contributed by atoms with van der Waals surface area (Å²) in [5, 5.41) is 4.66. The van der Waals surface area contributed by atoms with Crippen molar-refractivity contribution in [1.82, 2.24) is 24.8 Å². The van der Waals surface area contributed by atoms with Crippen LogP contribution in [-0.4, -0.2) is 84.0 Å². The molecule has 1 saturated heterocycles. The molecule has 0 saturated carbocycles. The highest BCUT2D eigenvalue weighted by molar-refractivity contribution is 7.16. The van der Waals surface area contributed by atoms with Crippen molar-refractivity contribution >= 4 is 55.8 Å². The summed E-state index contributed by atoms with van der Waals surface area (Å²) in [4.78, 5) is 26.9. The van der Waals surface area contributed by atoms with Gasteiger partial charge in [-0.15, -0.1) is 11.3 Å². The molecule has 9 heteroatoms. The number of hydrogen-bond donors (Lipinski definition) is 2. The number of pyridine rings is 1. The van der Waals surface area contributed by atoms with Crippen LogP contribution in [0.25, 0.3) is 26.8 Å². The maximum atomic E-state index is 9.99. The van der Waals surface area contributed by atoms with Crippen molar-refractivity contribution in [2.24, 2.45) is 0 Å². The Balaban J connectivity index is 0.000000226. The van der Waals surface area contributed by atoms with E-state index in [1.54, 1.807) is 11.3 Å². The van der Waals surface area contributed by atoms with Crippen LogP contribution in [0.4, 0.5) is 11.4 Å². The van der Waals surface area contributed by atoms with Gasteiger partial charge < -0.3 is 24.7 Å². The maximum absolute atomic E-state index is 9.99. The number of ether oxygens (including phenoxy) is 1. The van der Waals surface area contributed by atoms with Crippen molar-refractivity contribution in [1.29, 1.82) is 0 Å². The topological polar surface area (TPSA) is 86.4 Å². The Bertz CT molecular complexity index is 1340. The number of anilines is 2. The number of aromatic nitrogens is 3. The lowest BCUT2D eigenvalue weighted by Gasteiger charge is -2.25. The first-order valence-electron chi connectivity index (χ1n) is 12.4. The smallest absolute Gasteiger partial charge is 0.139 e. The first-order valence-corrected chi connectivity index (χ1v) is 13.3. The average molecular weight is 505 g/mol. The zero-order chi connectivity index (χ0) is 24.7. The number of likely N-dealkylation sites (N-methyl/N-ethyl adjacent to an activating group) is 1. The van der Waals surface area contributed by atoms with E-state index in [0.29, 0.717) is 6.42 Å². The molecule has 0 unspecified atom stereocenters. The Hall–Kier alpha value is -3.11. The molecule has 5 heterocycles. The summed E-state index contributed by atoms with van der Waals surface area (Å²) in [6, 6.07) is 10.5. The molecule has 0 bridgehead atoms. The van der Waals surface area contributed by atoms with E-state index < -0.39 is 0 Å². The number of nitrogens with zero attached hydrogens (tertiary/aromatic N) is 4. The van der Waals surface area contributed by atoms with Crippen LogP contribution in [0.5, 0.6) is 0 Å². The maximum Gasteiger partial charge on any atom is 0.139 e. The molecule has 2 aliphatic heterocycles. The normalized spacial score (nSPS) is 17.0. The Morgan fingerprint density at radius 1 is 1.17 bits per heavy atom. The second-order valence-electron chi connectivity index (χ2n) is 9.11. The van der Waals surface area contributed by atoms with Gasteiger partial charge in [0, 0.05) is 62.1 Å². The molecule has 3 aromatic heterocycles. The zero-order valence-corrected chi connectivity index (χ0v) is 21.4. The second-order valence-corrected chi connectivity index (χ2v) is 10.0. The predicted octanol–water partition coefficient (Wildman–Crippen LogP) is 4.54. The Kier molecular flexibility index (Phi) is 8.02. The lowest BCUT2D eigenvalue weighted by atomic mass is 10.1. The van der Waals surface area contributed by atoms with Gasteiger partial charge in [-0.1, -0.05) is 6.08 Å². The summed E-state index contributed by atoms with van der Waals surface area (Å²) < 4.78 is 6.34. The third-order valence-electron chi connectivity index (χ3n) is 6.57. The van der Waals surface area contributed by atoms with Crippen LogP contribution in [0.15, 0.2) is 48.1 Å². The van der Waals surface area contributed by atoms with Gasteiger partial charge in [0.1, 0.15) is 11.9 Å². The number of carbonyl (C=O) groups is 1. The van der Waals surface area contributed by atoms with E-state index in [2.05, 4.69) is 67.5 Å². The summed E-state index contributed by atoms with van der Waals surface area (Å²) in [7, 11) is 2.15. The molecule has 4 aromatic rings. The molecule has 1 fully saturated rings. The van der Waals surface area contributed by atoms with Gasteiger partial charge in [-0.05, 0) is 49.4 Å². The highest BCUT2D eigenvalue weighted by Gasteiger charge is 2.14. The van der Waals surface area contributed by atoms with E-state index in [-0.39, 0.29) is 0 Å². The van der Waals surface area contributed by atoms with Gasteiger partial charge in [0.2, 0.25) is 0 Å². The molecule has 6 rings (SSSR count). The molecule has 0 spiro atoms. The van der Waals surface area contributed by atoms with Crippen molar-refractivity contribution in [2.45, 2.75) is 12.8 Å². The lowest BCUT2D eigenvalue weighted by molar-refractivity contribution is -0.108. The number of thiazole rings is 1. The highest BCUT2D eigenvalue weighted by atomic mass is 32.1. The number of aldehydes is 1. The Labute approximate surface area is 215 Å². The number of H-pyrrole nitrogens is 1. The fraction of sp³-hybridized carbons (Fsp3) is 0.370. The predicted molar refractivity (Wildman–Crippen MR) is 147 cm³/mol. The number of rotatable bonds is 6. The lowest BCUT2D eigenvalue weighted by Crippen LogP contribution is -2.36. The Morgan fingerprint density at radius 2 is 2.06 bits per heavy atom. The van der Waals surface area contributed by atoms with Crippen molar-refractivity contribution in [3.05, 3.63) is 53.8 Å². The molecule has 1 aromatic carbocycles. The summed E-state index contributed by atoms with van der Waals surface area (Å²) in [6.07, 6.45) is 6.84. The van der Waals surface area contributed by atoms with Gasteiger partial charge in [0.25, 0.3) is 0 Å². The average Bonchev–Trinajstić information content (AvgIpc) is 3.56. The number of hydrogen-bond acceptors (Lipinski definition) is 8.